The van der Waals surface area contributed by atoms with Crippen molar-refractivity contribution in [2.24, 2.45) is 4.99 Å². The molecule has 0 aliphatic heterocycles. The average Bonchev–Trinajstić information content (AvgIpc) is 2.85. The van der Waals surface area contributed by atoms with Crippen LogP contribution in [0.4, 0.5) is 0 Å². The van der Waals surface area contributed by atoms with E-state index in [2.05, 4.69) is 4.99 Å². The predicted octanol–water partition coefficient (Wildman–Crippen LogP) is 2.64. The molecule has 0 atom stereocenters. The van der Waals surface area contributed by atoms with E-state index in [0.29, 0.717) is 35.9 Å². The molecule has 0 bridgehead atoms. The number of hydrogen-bond acceptors (Lipinski definition) is 4. The van der Waals surface area contributed by atoms with Crippen molar-refractivity contribution in [3.05, 3.63) is 45.7 Å². The molecule has 0 radical (unpaired) electrons. The van der Waals surface area contributed by atoms with Gasteiger partial charge in [0, 0.05) is 24.7 Å². The van der Waals surface area contributed by atoms with Crippen molar-refractivity contribution in [2.75, 3.05) is 20.3 Å². The quantitative estimate of drug-likeness (QED) is 0.822. The van der Waals surface area contributed by atoms with Gasteiger partial charge in [-0.3, -0.25) is 4.79 Å². The number of rotatable bonds is 6. The minimum atomic E-state index is -0.294. The molecule has 0 saturated carbocycles. The summed E-state index contributed by atoms with van der Waals surface area (Å²) in [5, 5.41) is 0. The molecular formula is C16H20N2O3S. The molecule has 1 aromatic heterocycles. The highest BCUT2D eigenvalue weighted by atomic mass is 32.1. The molecule has 5 nitrogen and oxygen atoms in total. The molecule has 0 spiro atoms. The van der Waals surface area contributed by atoms with Gasteiger partial charge in [-0.05, 0) is 26.0 Å². The van der Waals surface area contributed by atoms with E-state index in [-0.39, 0.29) is 5.91 Å². The first-order valence-corrected chi connectivity index (χ1v) is 7.94. The largest absolute Gasteiger partial charge is 0.493 e. The normalized spacial score (nSPS) is 11.7. The number of aryl methyl sites for hydroxylation is 1. The topological polar surface area (TPSA) is 52.8 Å². The summed E-state index contributed by atoms with van der Waals surface area (Å²) in [6, 6.07) is 7.17. The average molecular weight is 320 g/mol. The van der Waals surface area contributed by atoms with Gasteiger partial charge in [0.15, 0.2) is 4.80 Å². The van der Waals surface area contributed by atoms with Crippen molar-refractivity contribution in [1.82, 2.24) is 4.57 Å². The molecule has 0 unspecified atom stereocenters. The van der Waals surface area contributed by atoms with E-state index in [1.165, 1.54) is 11.3 Å². The highest BCUT2D eigenvalue weighted by Gasteiger charge is 2.11. The number of methoxy groups -OCH3 is 1. The van der Waals surface area contributed by atoms with Crippen LogP contribution in [0.2, 0.25) is 0 Å². The number of ether oxygens (including phenoxy) is 2. The van der Waals surface area contributed by atoms with Gasteiger partial charge in [-0.1, -0.05) is 12.1 Å². The summed E-state index contributed by atoms with van der Waals surface area (Å²) in [7, 11) is 1.65. The molecule has 1 amide bonds. The maximum Gasteiger partial charge on any atom is 0.283 e. The third-order valence-electron chi connectivity index (χ3n) is 2.99. The molecule has 22 heavy (non-hydrogen) atoms. The lowest BCUT2D eigenvalue weighted by Crippen LogP contribution is -2.18. The van der Waals surface area contributed by atoms with E-state index in [1.54, 1.807) is 19.2 Å². The minimum absolute atomic E-state index is 0.294. The number of nitrogens with zero attached hydrogens (tertiary/aromatic N) is 2. The summed E-state index contributed by atoms with van der Waals surface area (Å²) in [4.78, 5) is 18.5. The maximum atomic E-state index is 12.5. The zero-order valence-electron chi connectivity index (χ0n) is 13.0. The van der Waals surface area contributed by atoms with Crippen LogP contribution in [0, 0.1) is 6.92 Å². The van der Waals surface area contributed by atoms with Crippen molar-refractivity contribution in [3.8, 4) is 5.75 Å². The monoisotopic (exact) mass is 320 g/mol. The molecule has 0 N–H and O–H groups in total. The number of hydrogen-bond donors (Lipinski definition) is 0. The zero-order valence-corrected chi connectivity index (χ0v) is 13.9. The number of carbonyl (C=O) groups excluding carboxylic acids is 1. The molecule has 0 saturated heterocycles. The molecule has 6 heteroatoms. The number of benzene rings is 1. The summed E-state index contributed by atoms with van der Waals surface area (Å²) in [6.07, 6.45) is 1.98. The molecule has 118 valence electrons. The molecule has 2 rings (SSSR count). The van der Waals surface area contributed by atoms with E-state index in [0.717, 1.165) is 4.88 Å². The van der Waals surface area contributed by atoms with E-state index >= 15 is 0 Å². The smallest absolute Gasteiger partial charge is 0.283 e. The number of amides is 1. The summed E-state index contributed by atoms with van der Waals surface area (Å²) < 4.78 is 12.5. The number of aromatic nitrogens is 1. The van der Waals surface area contributed by atoms with Crippen LogP contribution in [0.3, 0.4) is 0 Å². The Labute approximate surface area is 133 Å². The molecule has 1 aromatic carbocycles. The number of carbonyl (C=O) groups is 1. The second-order valence-electron chi connectivity index (χ2n) is 4.66. The summed E-state index contributed by atoms with van der Waals surface area (Å²) in [6.45, 7) is 5.63. The van der Waals surface area contributed by atoms with Gasteiger partial charge in [0.2, 0.25) is 0 Å². The molecular weight excluding hydrogens is 300 g/mol. The van der Waals surface area contributed by atoms with E-state index in [9.17, 15) is 4.79 Å². The molecule has 0 aliphatic carbocycles. The van der Waals surface area contributed by atoms with Crippen molar-refractivity contribution >= 4 is 17.2 Å². The third kappa shape index (κ3) is 4.05. The first-order valence-electron chi connectivity index (χ1n) is 7.12. The second-order valence-corrected chi connectivity index (χ2v) is 5.87. The Balaban J connectivity index is 2.35. The van der Waals surface area contributed by atoms with E-state index in [1.807, 2.05) is 36.7 Å². The fourth-order valence-corrected chi connectivity index (χ4v) is 2.87. The van der Waals surface area contributed by atoms with Gasteiger partial charge >= 0.3 is 0 Å². The summed E-state index contributed by atoms with van der Waals surface area (Å²) >= 11 is 1.49. The fraction of sp³-hybridized carbons (Fsp3) is 0.375. The van der Waals surface area contributed by atoms with Gasteiger partial charge in [0.05, 0.1) is 18.8 Å². The second kappa shape index (κ2) is 7.91. The van der Waals surface area contributed by atoms with Crippen molar-refractivity contribution < 1.29 is 14.3 Å². The zero-order chi connectivity index (χ0) is 15.9. The van der Waals surface area contributed by atoms with Crippen LogP contribution in [0.1, 0.15) is 22.2 Å². The van der Waals surface area contributed by atoms with Crippen molar-refractivity contribution in [2.45, 2.75) is 20.4 Å². The predicted molar refractivity (Wildman–Crippen MR) is 86.4 cm³/mol. The van der Waals surface area contributed by atoms with Gasteiger partial charge in [0.1, 0.15) is 5.75 Å². The van der Waals surface area contributed by atoms with Gasteiger partial charge in [-0.15, -0.1) is 11.3 Å². The van der Waals surface area contributed by atoms with Crippen molar-refractivity contribution in [3.63, 3.8) is 0 Å². The van der Waals surface area contributed by atoms with Crippen LogP contribution in [0.5, 0.6) is 5.75 Å². The van der Waals surface area contributed by atoms with Crippen LogP contribution >= 0.6 is 11.3 Å². The first-order chi connectivity index (χ1) is 10.7. The standard InChI is InChI=1S/C16H20N2O3S/c1-4-21-14-8-6-5-7-13(14)15(19)17-16-18(9-10-20-3)11-12(2)22-16/h5-8,11H,4,9-10H2,1-3H3/b17-16-. The molecule has 2 aromatic rings. The van der Waals surface area contributed by atoms with Crippen molar-refractivity contribution in [1.29, 1.82) is 0 Å². The Kier molecular flexibility index (Phi) is 5.91. The van der Waals surface area contributed by atoms with Crippen LogP contribution < -0.4 is 9.54 Å². The fourth-order valence-electron chi connectivity index (χ4n) is 2.01. The summed E-state index contributed by atoms with van der Waals surface area (Å²) in [5.74, 6) is 0.271. The Morgan fingerprint density at radius 3 is 2.86 bits per heavy atom. The highest BCUT2D eigenvalue weighted by molar-refractivity contribution is 7.09. The lowest BCUT2D eigenvalue weighted by molar-refractivity contribution is 0.0993. The molecule has 1 heterocycles. The Morgan fingerprint density at radius 1 is 1.36 bits per heavy atom. The molecule has 0 fully saturated rings. The van der Waals surface area contributed by atoms with Crippen LogP contribution in [0.25, 0.3) is 0 Å². The lowest BCUT2D eigenvalue weighted by atomic mass is 10.2. The minimum Gasteiger partial charge on any atom is -0.493 e. The van der Waals surface area contributed by atoms with E-state index in [4.69, 9.17) is 9.47 Å². The Morgan fingerprint density at radius 2 is 2.14 bits per heavy atom. The SMILES string of the molecule is CCOc1ccccc1C(=O)/N=c1\sc(C)cn1CCOC. The first kappa shape index (κ1) is 16.5. The highest BCUT2D eigenvalue weighted by Crippen LogP contribution is 2.18. The van der Waals surface area contributed by atoms with E-state index < -0.39 is 0 Å². The number of thiazole rings is 1. The maximum absolute atomic E-state index is 12.5. The van der Waals surface area contributed by atoms with Gasteiger partial charge < -0.3 is 14.0 Å². The number of para-hydroxylation sites is 1. The Hall–Kier alpha value is -1.92. The molecule has 0 aliphatic rings. The lowest BCUT2D eigenvalue weighted by Gasteiger charge is -2.06. The van der Waals surface area contributed by atoms with Gasteiger partial charge in [-0.2, -0.15) is 4.99 Å². The van der Waals surface area contributed by atoms with Gasteiger partial charge in [-0.25, -0.2) is 0 Å². The van der Waals surface area contributed by atoms with Crippen LogP contribution in [0.15, 0.2) is 35.5 Å². The van der Waals surface area contributed by atoms with Crippen LogP contribution in [-0.4, -0.2) is 30.8 Å². The van der Waals surface area contributed by atoms with Crippen LogP contribution in [-0.2, 0) is 11.3 Å². The Bertz CT molecular complexity index is 703. The third-order valence-corrected chi connectivity index (χ3v) is 3.92. The summed E-state index contributed by atoms with van der Waals surface area (Å²) in [5.41, 5.74) is 0.480. The van der Waals surface area contributed by atoms with Gasteiger partial charge in [0.25, 0.3) is 5.91 Å².